The Morgan fingerprint density at radius 1 is 1.22 bits per heavy atom. The van der Waals surface area contributed by atoms with Crippen molar-refractivity contribution in [3.63, 3.8) is 0 Å². The molecule has 3 nitrogen and oxygen atoms in total. The molecule has 2 N–H and O–H groups in total. The molecule has 0 atom stereocenters. The second-order valence-corrected chi connectivity index (χ2v) is 4.68. The third kappa shape index (κ3) is 4.45. The van der Waals surface area contributed by atoms with E-state index >= 15 is 0 Å². The topological polar surface area (TPSA) is 41.1 Å². The third-order valence-electron chi connectivity index (χ3n) is 3.36. The number of amides is 1. The van der Waals surface area contributed by atoms with E-state index in [-0.39, 0.29) is 23.8 Å². The van der Waals surface area contributed by atoms with Gasteiger partial charge in [-0.3, -0.25) is 4.79 Å². The van der Waals surface area contributed by atoms with Gasteiger partial charge in [0.1, 0.15) is 5.82 Å². The highest BCUT2D eigenvalue weighted by Crippen LogP contribution is 2.13. The average Bonchev–Trinajstić information content (AvgIpc) is 2.39. The van der Waals surface area contributed by atoms with Crippen molar-refractivity contribution in [1.29, 1.82) is 0 Å². The highest BCUT2D eigenvalue weighted by atomic mass is 19.1. The molecule has 1 amide bonds. The van der Waals surface area contributed by atoms with Crippen molar-refractivity contribution < 1.29 is 9.18 Å². The van der Waals surface area contributed by atoms with Crippen LogP contribution in [0.5, 0.6) is 0 Å². The normalized spacial score (nSPS) is 11.3. The maximum Gasteiger partial charge on any atom is 0.238 e. The van der Waals surface area contributed by atoms with E-state index in [1.54, 1.807) is 12.1 Å². The first-order valence-electron chi connectivity index (χ1n) is 6.29. The summed E-state index contributed by atoms with van der Waals surface area (Å²) in [5, 5.41) is 5.96. The minimum atomic E-state index is -0.310. The first kappa shape index (κ1) is 14.6. The number of rotatable bonds is 6. The Balaban J connectivity index is 2.45. The molecular weight excluding hydrogens is 231 g/mol. The molecule has 0 aliphatic carbocycles. The highest BCUT2D eigenvalue weighted by molar-refractivity contribution is 5.92. The lowest BCUT2D eigenvalue weighted by atomic mass is 9.96. The standard InChI is InChI=1S/C14H21FN2O/c1-4-14(3,5-2)16-10-13(18)17-12-8-6-11(15)7-9-12/h6-9,16H,4-5,10H2,1-3H3,(H,17,18). The largest absolute Gasteiger partial charge is 0.325 e. The summed E-state index contributed by atoms with van der Waals surface area (Å²) in [5.74, 6) is -0.426. The van der Waals surface area contributed by atoms with Crippen LogP contribution in [0.1, 0.15) is 33.6 Å². The van der Waals surface area contributed by atoms with Crippen molar-refractivity contribution in [2.75, 3.05) is 11.9 Å². The second-order valence-electron chi connectivity index (χ2n) is 4.68. The van der Waals surface area contributed by atoms with Crippen LogP contribution in [-0.2, 0) is 4.79 Å². The van der Waals surface area contributed by atoms with Gasteiger partial charge in [-0.15, -0.1) is 0 Å². The number of halogens is 1. The van der Waals surface area contributed by atoms with Crippen LogP contribution < -0.4 is 10.6 Å². The zero-order chi connectivity index (χ0) is 13.6. The number of hydrogen-bond donors (Lipinski definition) is 2. The lowest BCUT2D eigenvalue weighted by molar-refractivity contribution is -0.115. The van der Waals surface area contributed by atoms with Crippen LogP contribution >= 0.6 is 0 Å². The molecule has 0 heterocycles. The summed E-state index contributed by atoms with van der Waals surface area (Å²) in [6.45, 7) is 6.54. The van der Waals surface area contributed by atoms with Crippen molar-refractivity contribution in [2.24, 2.45) is 0 Å². The Bertz CT molecular complexity index is 385. The molecule has 0 aliphatic rings. The van der Waals surface area contributed by atoms with Crippen molar-refractivity contribution in [3.05, 3.63) is 30.1 Å². The third-order valence-corrected chi connectivity index (χ3v) is 3.36. The molecule has 0 fully saturated rings. The van der Waals surface area contributed by atoms with Crippen LogP contribution in [0.25, 0.3) is 0 Å². The average molecular weight is 252 g/mol. The first-order valence-corrected chi connectivity index (χ1v) is 6.29. The van der Waals surface area contributed by atoms with Crippen molar-refractivity contribution >= 4 is 11.6 Å². The Labute approximate surface area is 108 Å². The summed E-state index contributed by atoms with van der Waals surface area (Å²) in [7, 11) is 0. The van der Waals surface area contributed by atoms with Crippen LogP contribution in [0.4, 0.5) is 10.1 Å². The smallest absolute Gasteiger partial charge is 0.238 e. The Kier molecular flexibility index (Phi) is 5.28. The summed E-state index contributed by atoms with van der Waals surface area (Å²) >= 11 is 0. The van der Waals surface area contributed by atoms with Gasteiger partial charge in [-0.2, -0.15) is 0 Å². The van der Waals surface area contributed by atoms with Gasteiger partial charge in [0, 0.05) is 11.2 Å². The number of carbonyl (C=O) groups excluding carboxylic acids is 1. The number of hydrogen-bond acceptors (Lipinski definition) is 2. The monoisotopic (exact) mass is 252 g/mol. The lowest BCUT2D eigenvalue weighted by Gasteiger charge is -2.28. The summed E-state index contributed by atoms with van der Waals surface area (Å²) in [4.78, 5) is 11.7. The predicted molar refractivity (Wildman–Crippen MR) is 72.0 cm³/mol. The van der Waals surface area contributed by atoms with Gasteiger partial charge in [0.15, 0.2) is 0 Å². The molecule has 0 saturated carbocycles. The van der Waals surface area contributed by atoms with E-state index in [2.05, 4.69) is 31.4 Å². The molecule has 0 saturated heterocycles. The van der Waals surface area contributed by atoms with Crippen LogP contribution in [0, 0.1) is 5.82 Å². The number of anilines is 1. The van der Waals surface area contributed by atoms with Gasteiger partial charge < -0.3 is 10.6 Å². The molecule has 0 bridgehead atoms. The van der Waals surface area contributed by atoms with Crippen molar-refractivity contribution in [1.82, 2.24) is 5.32 Å². The predicted octanol–water partition coefficient (Wildman–Crippen LogP) is 2.93. The van der Waals surface area contributed by atoms with Crippen molar-refractivity contribution in [3.8, 4) is 0 Å². The number of benzene rings is 1. The Morgan fingerprint density at radius 3 is 2.28 bits per heavy atom. The second kappa shape index (κ2) is 6.50. The quantitative estimate of drug-likeness (QED) is 0.817. The van der Waals surface area contributed by atoms with E-state index in [0.717, 1.165) is 12.8 Å². The fraction of sp³-hybridized carbons (Fsp3) is 0.500. The zero-order valence-corrected chi connectivity index (χ0v) is 11.2. The summed E-state index contributed by atoms with van der Waals surface area (Å²) in [6, 6.07) is 5.74. The Hall–Kier alpha value is -1.42. The minimum absolute atomic E-state index is 0.0138. The van der Waals surface area contributed by atoms with E-state index in [0.29, 0.717) is 5.69 Å². The Morgan fingerprint density at radius 2 is 1.78 bits per heavy atom. The summed E-state index contributed by atoms with van der Waals surface area (Å²) in [5.41, 5.74) is 0.595. The lowest BCUT2D eigenvalue weighted by Crippen LogP contribution is -2.45. The van der Waals surface area contributed by atoms with Gasteiger partial charge in [-0.05, 0) is 44.0 Å². The SMILES string of the molecule is CCC(C)(CC)NCC(=O)Nc1ccc(F)cc1. The van der Waals surface area contributed by atoms with E-state index < -0.39 is 0 Å². The molecule has 1 aromatic carbocycles. The van der Waals surface area contributed by atoms with E-state index in [1.165, 1.54) is 12.1 Å². The maximum atomic E-state index is 12.7. The van der Waals surface area contributed by atoms with Crippen LogP contribution in [0.3, 0.4) is 0 Å². The number of nitrogens with one attached hydrogen (secondary N) is 2. The fourth-order valence-corrected chi connectivity index (χ4v) is 1.53. The summed E-state index contributed by atoms with van der Waals surface area (Å²) < 4.78 is 12.7. The van der Waals surface area contributed by atoms with Gasteiger partial charge in [0.25, 0.3) is 0 Å². The molecule has 0 unspecified atom stereocenters. The molecule has 0 spiro atoms. The molecule has 100 valence electrons. The molecule has 0 radical (unpaired) electrons. The van der Waals surface area contributed by atoms with Crippen LogP contribution in [0.2, 0.25) is 0 Å². The first-order chi connectivity index (χ1) is 8.49. The van der Waals surface area contributed by atoms with E-state index in [4.69, 9.17) is 0 Å². The molecule has 0 aromatic heterocycles. The highest BCUT2D eigenvalue weighted by Gasteiger charge is 2.19. The van der Waals surface area contributed by atoms with Gasteiger partial charge in [0.05, 0.1) is 6.54 Å². The molecule has 1 rings (SSSR count). The number of carbonyl (C=O) groups is 1. The van der Waals surface area contributed by atoms with Gasteiger partial charge >= 0.3 is 0 Å². The summed E-state index contributed by atoms with van der Waals surface area (Å²) in [6.07, 6.45) is 1.93. The molecule has 0 aliphatic heterocycles. The fourth-order valence-electron chi connectivity index (χ4n) is 1.53. The van der Waals surface area contributed by atoms with E-state index in [9.17, 15) is 9.18 Å². The molecule has 1 aromatic rings. The molecular formula is C14H21FN2O. The van der Waals surface area contributed by atoms with Crippen LogP contribution in [-0.4, -0.2) is 18.0 Å². The minimum Gasteiger partial charge on any atom is -0.325 e. The maximum absolute atomic E-state index is 12.7. The molecule has 4 heteroatoms. The molecule has 18 heavy (non-hydrogen) atoms. The van der Waals surface area contributed by atoms with Gasteiger partial charge in [-0.25, -0.2) is 4.39 Å². The van der Waals surface area contributed by atoms with Crippen molar-refractivity contribution in [2.45, 2.75) is 39.2 Å². The van der Waals surface area contributed by atoms with E-state index in [1.807, 2.05) is 0 Å². The zero-order valence-electron chi connectivity index (χ0n) is 11.2. The van der Waals surface area contributed by atoms with Gasteiger partial charge in [-0.1, -0.05) is 13.8 Å². The van der Waals surface area contributed by atoms with Crippen LogP contribution in [0.15, 0.2) is 24.3 Å². The van der Waals surface area contributed by atoms with Gasteiger partial charge in [0.2, 0.25) is 5.91 Å².